The number of nitrogens with zero attached hydrogens (tertiary/aromatic N) is 5. The molecule has 6 nitrogen and oxygen atoms in total. The van der Waals surface area contributed by atoms with E-state index in [0.717, 1.165) is 27.6 Å². The number of hydrogen-bond acceptors (Lipinski definition) is 5. The molecule has 0 spiro atoms. The molecule has 0 atom stereocenters. The number of aromatic nitrogens is 4. The predicted octanol–water partition coefficient (Wildman–Crippen LogP) is 4.28. The third-order valence-corrected chi connectivity index (χ3v) is 4.62. The van der Waals surface area contributed by atoms with E-state index in [0.29, 0.717) is 17.5 Å². The van der Waals surface area contributed by atoms with Gasteiger partial charge in [-0.3, -0.25) is 5.43 Å². The molecule has 134 valence electrons. The Hall–Kier alpha value is -3.25. The molecule has 0 bridgehead atoms. The van der Waals surface area contributed by atoms with Gasteiger partial charge in [-0.05, 0) is 12.5 Å². The van der Waals surface area contributed by atoms with E-state index in [1.807, 2.05) is 61.5 Å². The van der Waals surface area contributed by atoms with E-state index in [2.05, 4.69) is 25.8 Å². The van der Waals surface area contributed by atoms with Crippen LogP contribution in [0.2, 0.25) is 5.15 Å². The maximum absolute atomic E-state index is 6.51. The molecule has 0 unspecified atom stereocenters. The third-order valence-electron chi connectivity index (χ3n) is 4.22. The molecular formula is C20H17ClN6. The molecule has 27 heavy (non-hydrogen) atoms. The fourth-order valence-electron chi connectivity index (χ4n) is 2.84. The first-order valence-corrected chi connectivity index (χ1v) is 8.86. The summed E-state index contributed by atoms with van der Waals surface area (Å²) >= 11 is 6.51. The monoisotopic (exact) mass is 376 g/mol. The van der Waals surface area contributed by atoms with Crippen molar-refractivity contribution in [2.45, 2.75) is 13.5 Å². The van der Waals surface area contributed by atoms with Crippen molar-refractivity contribution < 1.29 is 0 Å². The number of hydrogen-bond donors (Lipinski definition) is 1. The van der Waals surface area contributed by atoms with Gasteiger partial charge in [-0.25, -0.2) is 4.68 Å². The zero-order chi connectivity index (χ0) is 18.6. The Morgan fingerprint density at radius 1 is 1.11 bits per heavy atom. The average Bonchev–Trinajstić information content (AvgIpc) is 2.96. The number of nitrogens with one attached hydrogen (secondary N) is 1. The average molecular weight is 377 g/mol. The molecule has 0 saturated heterocycles. The highest BCUT2D eigenvalue weighted by atomic mass is 35.5. The summed E-state index contributed by atoms with van der Waals surface area (Å²) in [4.78, 5) is 0. The van der Waals surface area contributed by atoms with E-state index in [-0.39, 0.29) is 0 Å². The number of benzene rings is 2. The van der Waals surface area contributed by atoms with Crippen LogP contribution in [-0.2, 0) is 6.54 Å². The maximum atomic E-state index is 6.51. The molecule has 2 heterocycles. The summed E-state index contributed by atoms with van der Waals surface area (Å²) in [5, 5.41) is 19.4. The molecule has 0 aliphatic heterocycles. The smallest absolute Gasteiger partial charge is 0.176 e. The Morgan fingerprint density at radius 2 is 1.89 bits per heavy atom. The Morgan fingerprint density at radius 3 is 2.74 bits per heavy atom. The number of hydrazone groups is 1. The molecule has 0 aliphatic rings. The van der Waals surface area contributed by atoms with Gasteiger partial charge >= 0.3 is 0 Å². The summed E-state index contributed by atoms with van der Waals surface area (Å²) in [5.41, 5.74) is 5.67. The van der Waals surface area contributed by atoms with E-state index < -0.39 is 0 Å². The van der Waals surface area contributed by atoms with Crippen molar-refractivity contribution >= 4 is 34.4 Å². The standard InChI is InChI=1S/C20H17ClN6/c1-14-18(19(21)27(26-14)13-15-7-3-2-4-8-15)12-23-25-20-17-10-6-5-9-16(17)11-22-24-20/h2-12H,13H2,1H3,(H,24,25)/b23-12+. The SMILES string of the molecule is Cc1nn(Cc2ccccc2)c(Cl)c1/C=N/Nc1nncc2ccccc12. The molecule has 4 aromatic rings. The summed E-state index contributed by atoms with van der Waals surface area (Å²) < 4.78 is 1.77. The van der Waals surface area contributed by atoms with Gasteiger partial charge in [-0.1, -0.05) is 66.2 Å². The van der Waals surface area contributed by atoms with Crippen LogP contribution < -0.4 is 5.43 Å². The largest absolute Gasteiger partial charge is 0.259 e. The highest BCUT2D eigenvalue weighted by Crippen LogP contribution is 2.21. The lowest BCUT2D eigenvalue weighted by Gasteiger charge is -2.03. The number of fused-ring (bicyclic) bond motifs is 1. The van der Waals surface area contributed by atoms with Crippen LogP contribution in [0.4, 0.5) is 5.82 Å². The topological polar surface area (TPSA) is 68.0 Å². The predicted molar refractivity (Wildman–Crippen MR) is 108 cm³/mol. The van der Waals surface area contributed by atoms with Crippen molar-refractivity contribution in [3.63, 3.8) is 0 Å². The van der Waals surface area contributed by atoms with Crippen LogP contribution in [0.3, 0.4) is 0 Å². The van der Waals surface area contributed by atoms with Gasteiger partial charge in [0.2, 0.25) is 0 Å². The minimum Gasteiger partial charge on any atom is -0.259 e. The van der Waals surface area contributed by atoms with Crippen molar-refractivity contribution in [1.82, 2.24) is 20.0 Å². The molecule has 0 fully saturated rings. The number of aryl methyl sites for hydroxylation is 1. The Labute approximate surface area is 161 Å². The fraction of sp³-hybridized carbons (Fsp3) is 0.100. The lowest BCUT2D eigenvalue weighted by Crippen LogP contribution is -2.02. The van der Waals surface area contributed by atoms with Crippen LogP contribution in [0.25, 0.3) is 10.8 Å². The van der Waals surface area contributed by atoms with Crippen molar-refractivity contribution in [3.8, 4) is 0 Å². The second-order valence-corrected chi connectivity index (χ2v) is 6.44. The molecule has 0 radical (unpaired) electrons. The summed E-state index contributed by atoms with van der Waals surface area (Å²) in [6, 6.07) is 17.9. The second-order valence-electron chi connectivity index (χ2n) is 6.08. The van der Waals surface area contributed by atoms with Gasteiger partial charge < -0.3 is 0 Å². The fourth-order valence-corrected chi connectivity index (χ4v) is 3.13. The normalized spacial score (nSPS) is 11.3. The summed E-state index contributed by atoms with van der Waals surface area (Å²) in [5.74, 6) is 0.592. The Balaban J connectivity index is 1.55. The minimum absolute atomic E-state index is 0.547. The molecule has 7 heteroatoms. The van der Waals surface area contributed by atoms with E-state index in [9.17, 15) is 0 Å². The van der Waals surface area contributed by atoms with Crippen molar-refractivity contribution in [2.75, 3.05) is 5.43 Å². The molecule has 0 saturated carbocycles. The zero-order valence-corrected chi connectivity index (χ0v) is 15.4. The van der Waals surface area contributed by atoms with Gasteiger partial charge in [0, 0.05) is 10.8 Å². The van der Waals surface area contributed by atoms with Gasteiger partial charge in [-0.15, -0.1) is 5.10 Å². The van der Waals surface area contributed by atoms with Crippen LogP contribution in [0.5, 0.6) is 0 Å². The van der Waals surface area contributed by atoms with Crippen LogP contribution in [-0.4, -0.2) is 26.2 Å². The highest BCUT2D eigenvalue weighted by molar-refractivity contribution is 6.32. The van der Waals surface area contributed by atoms with Crippen molar-refractivity contribution in [2.24, 2.45) is 5.10 Å². The van der Waals surface area contributed by atoms with Crippen molar-refractivity contribution in [1.29, 1.82) is 0 Å². The molecule has 0 amide bonds. The number of anilines is 1. The first kappa shape index (κ1) is 17.2. The van der Waals surface area contributed by atoms with Gasteiger partial charge in [0.25, 0.3) is 0 Å². The zero-order valence-electron chi connectivity index (χ0n) is 14.7. The van der Waals surface area contributed by atoms with Crippen LogP contribution in [0.1, 0.15) is 16.8 Å². The third kappa shape index (κ3) is 3.66. The van der Waals surface area contributed by atoms with Crippen LogP contribution >= 0.6 is 11.6 Å². The molecule has 2 aromatic carbocycles. The maximum Gasteiger partial charge on any atom is 0.176 e. The van der Waals surface area contributed by atoms with Gasteiger partial charge in [0.15, 0.2) is 5.82 Å². The first-order chi connectivity index (χ1) is 13.2. The molecule has 0 aliphatic carbocycles. The summed E-state index contributed by atoms with van der Waals surface area (Å²) in [6.45, 7) is 2.52. The summed E-state index contributed by atoms with van der Waals surface area (Å²) in [6.07, 6.45) is 3.38. The lowest BCUT2D eigenvalue weighted by atomic mass is 10.2. The highest BCUT2D eigenvalue weighted by Gasteiger charge is 2.12. The van der Waals surface area contributed by atoms with E-state index in [1.54, 1.807) is 17.1 Å². The minimum atomic E-state index is 0.547. The first-order valence-electron chi connectivity index (χ1n) is 8.48. The van der Waals surface area contributed by atoms with E-state index >= 15 is 0 Å². The van der Waals surface area contributed by atoms with Crippen LogP contribution in [0.15, 0.2) is 65.9 Å². The number of rotatable bonds is 5. The van der Waals surface area contributed by atoms with E-state index in [1.165, 1.54) is 0 Å². The van der Waals surface area contributed by atoms with E-state index in [4.69, 9.17) is 11.6 Å². The number of halogens is 1. The van der Waals surface area contributed by atoms with Gasteiger partial charge in [0.1, 0.15) is 5.15 Å². The molecule has 4 rings (SSSR count). The van der Waals surface area contributed by atoms with Gasteiger partial charge in [0.05, 0.1) is 30.2 Å². The Kier molecular flexibility index (Phi) is 4.80. The van der Waals surface area contributed by atoms with Crippen molar-refractivity contribution in [3.05, 3.63) is 82.8 Å². The Bertz CT molecular complexity index is 1100. The summed E-state index contributed by atoms with van der Waals surface area (Å²) in [7, 11) is 0. The lowest BCUT2D eigenvalue weighted by molar-refractivity contribution is 0.680. The second kappa shape index (κ2) is 7.55. The van der Waals surface area contributed by atoms with Gasteiger partial charge in [-0.2, -0.15) is 15.3 Å². The molecule has 1 N–H and O–H groups in total. The quantitative estimate of drug-likeness (QED) is 0.417. The van der Waals surface area contributed by atoms with Crippen LogP contribution in [0, 0.1) is 6.92 Å². The molecule has 2 aromatic heterocycles. The molecular weight excluding hydrogens is 360 g/mol.